The van der Waals surface area contributed by atoms with Gasteiger partial charge >= 0.3 is 5.97 Å². The smallest absolute Gasteiger partial charge is 0.322 e. The summed E-state index contributed by atoms with van der Waals surface area (Å²) in [6.07, 6.45) is 0.448. The Morgan fingerprint density at radius 3 is 2.80 bits per heavy atom. The predicted octanol–water partition coefficient (Wildman–Crippen LogP) is 0.738. The molecule has 0 saturated carbocycles. The first-order valence-corrected chi connectivity index (χ1v) is 4.63. The maximum Gasteiger partial charge on any atom is 0.322 e. The lowest BCUT2D eigenvalue weighted by Gasteiger charge is -2.09. The fourth-order valence-corrected chi connectivity index (χ4v) is 1.29. The Morgan fingerprint density at radius 1 is 1.47 bits per heavy atom. The number of hydrogen-bond acceptors (Lipinski definition) is 4. The van der Waals surface area contributed by atoms with Crippen molar-refractivity contribution in [2.75, 3.05) is 14.2 Å². The Morgan fingerprint density at radius 2 is 2.20 bits per heavy atom. The molecule has 0 fully saturated rings. The summed E-state index contributed by atoms with van der Waals surface area (Å²) in [6, 6.07) is 6.82. The average Bonchev–Trinajstić information content (AvgIpc) is 2.28. The summed E-state index contributed by atoms with van der Waals surface area (Å²) < 4.78 is 9.61. The molecule has 4 heteroatoms. The minimum absolute atomic E-state index is 0.405. The van der Waals surface area contributed by atoms with E-state index >= 15 is 0 Å². The topological polar surface area (TPSA) is 61.5 Å². The van der Waals surface area contributed by atoms with E-state index in [0.717, 1.165) is 11.3 Å². The molecule has 0 aliphatic rings. The highest BCUT2D eigenvalue weighted by Gasteiger charge is 2.14. The Kier molecular flexibility index (Phi) is 4.12. The number of nitrogens with two attached hydrogens (primary N) is 1. The van der Waals surface area contributed by atoms with Crippen molar-refractivity contribution in [1.29, 1.82) is 0 Å². The molecular weight excluding hydrogens is 194 g/mol. The monoisotopic (exact) mass is 209 g/mol. The summed E-state index contributed by atoms with van der Waals surface area (Å²) in [7, 11) is 2.92. The summed E-state index contributed by atoms with van der Waals surface area (Å²) >= 11 is 0. The molecule has 0 unspecified atom stereocenters. The number of methoxy groups -OCH3 is 2. The van der Waals surface area contributed by atoms with Crippen LogP contribution in [0, 0.1) is 0 Å². The van der Waals surface area contributed by atoms with Gasteiger partial charge in [0.15, 0.2) is 0 Å². The van der Waals surface area contributed by atoms with E-state index in [0.29, 0.717) is 6.42 Å². The second kappa shape index (κ2) is 5.36. The zero-order valence-corrected chi connectivity index (χ0v) is 8.90. The molecule has 0 aliphatic carbocycles. The third-order valence-corrected chi connectivity index (χ3v) is 2.09. The Balaban J connectivity index is 2.67. The third-order valence-electron chi connectivity index (χ3n) is 2.09. The van der Waals surface area contributed by atoms with Gasteiger partial charge in [-0.05, 0) is 24.1 Å². The van der Waals surface area contributed by atoms with Crippen LogP contribution in [0.25, 0.3) is 0 Å². The van der Waals surface area contributed by atoms with Gasteiger partial charge in [0, 0.05) is 0 Å². The number of rotatable bonds is 4. The van der Waals surface area contributed by atoms with E-state index in [4.69, 9.17) is 10.5 Å². The van der Waals surface area contributed by atoms with Gasteiger partial charge in [0.1, 0.15) is 11.8 Å². The van der Waals surface area contributed by atoms with Crippen LogP contribution in [0.3, 0.4) is 0 Å². The average molecular weight is 209 g/mol. The first kappa shape index (κ1) is 11.5. The van der Waals surface area contributed by atoms with Gasteiger partial charge in [-0.2, -0.15) is 0 Å². The second-order valence-electron chi connectivity index (χ2n) is 3.19. The van der Waals surface area contributed by atoms with Crippen molar-refractivity contribution in [2.45, 2.75) is 12.5 Å². The fourth-order valence-electron chi connectivity index (χ4n) is 1.29. The summed E-state index contributed by atoms with van der Waals surface area (Å²) in [5.41, 5.74) is 6.59. The Hall–Kier alpha value is -1.55. The van der Waals surface area contributed by atoms with Crippen molar-refractivity contribution in [3.8, 4) is 5.75 Å². The number of carbonyl (C=O) groups is 1. The molecule has 0 saturated heterocycles. The lowest BCUT2D eigenvalue weighted by Crippen LogP contribution is -2.33. The molecule has 1 atom stereocenters. The largest absolute Gasteiger partial charge is 0.497 e. The van der Waals surface area contributed by atoms with Crippen molar-refractivity contribution in [1.82, 2.24) is 0 Å². The number of benzene rings is 1. The summed E-state index contributed by atoms with van der Waals surface area (Å²) in [5.74, 6) is 0.349. The fraction of sp³-hybridized carbons (Fsp3) is 0.364. The van der Waals surface area contributed by atoms with Gasteiger partial charge in [0.05, 0.1) is 14.2 Å². The van der Waals surface area contributed by atoms with E-state index in [2.05, 4.69) is 4.74 Å². The zero-order chi connectivity index (χ0) is 11.3. The lowest BCUT2D eigenvalue weighted by atomic mass is 10.1. The molecule has 1 rings (SSSR count). The number of ether oxygens (including phenoxy) is 2. The molecule has 0 radical (unpaired) electrons. The zero-order valence-electron chi connectivity index (χ0n) is 8.90. The molecule has 0 amide bonds. The highest BCUT2D eigenvalue weighted by Crippen LogP contribution is 2.13. The van der Waals surface area contributed by atoms with E-state index in [1.807, 2.05) is 24.3 Å². The van der Waals surface area contributed by atoms with Crippen LogP contribution in [0.5, 0.6) is 5.75 Å². The maximum atomic E-state index is 11.1. The number of hydrogen-bond donors (Lipinski definition) is 1. The van der Waals surface area contributed by atoms with E-state index in [9.17, 15) is 4.79 Å². The first-order chi connectivity index (χ1) is 7.17. The molecule has 0 aromatic heterocycles. The highest BCUT2D eigenvalue weighted by atomic mass is 16.5. The van der Waals surface area contributed by atoms with Crippen LogP contribution in [0.2, 0.25) is 0 Å². The van der Waals surface area contributed by atoms with Crippen LogP contribution in [-0.4, -0.2) is 26.2 Å². The van der Waals surface area contributed by atoms with Crippen molar-refractivity contribution >= 4 is 5.97 Å². The Bertz CT molecular complexity index is 338. The van der Waals surface area contributed by atoms with Gasteiger partial charge in [-0.25, -0.2) is 0 Å². The van der Waals surface area contributed by atoms with Crippen LogP contribution < -0.4 is 10.5 Å². The molecule has 0 bridgehead atoms. The van der Waals surface area contributed by atoms with Crippen LogP contribution >= 0.6 is 0 Å². The molecular formula is C11H15NO3. The summed E-state index contributed by atoms with van der Waals surface area (Å²) in [6.45, 7) is 0. The van der Waals surface area contributed by atoms with E-state index in [1.54, 1.807) is 7.11 Å². The summed E-state index contributed by atoms with van der Waals surface area (Å²) in [5, 5.41) is 0. The molecule has 82 valence electrons. The Labute approximate surface area is 89.0 Å². The SMILES string of the molecule is COC(=O)[C@@H](N)Cc1cccc(OC)c1. The van der Waals surface area contributed by atoms with Crippen molar-refractivity contribution < 1.29 is 14.3 Å². The molecule has 4 nitrogen and oxygen atoms in total. The lowest BCUT2D eigenvalue weighted by molar-refractivity contribution is -0.142. The predicted molar refractivity (Wildman–Crippen MR) is 56.7 cm³/mol. The van der Waals surface area contributed by atoms with Gasteiger partial charge in [-0.1, -0.05) is 12.1 Å². The highest BCUT2D eigenvalue weighted by molar-refractivity contribution is 5.75. The molecule has 0 aliphatic heterocycles. The van der Waals surface area contributed by atoms with Gasteiger partial charge in [0.25, 0.3) is 0 Å². The standard InChI is InChI=1S/C11H15NO3/c1-14-9-5-3-4-8(6-9)7-10(12)11(13)15-2/h3-6,10H,7,12H2,1-2H3/t10-/m0/s1. The van der Waals surface area contributed by atoms with Crippen LogP contribution in [0.1, 0.15) is 5.56 Å². The molecule has 15 heavy (non-hydrogen) atoms. The summed E-state index contributed by atoms with van der Waals surface area (Å²) in [4.78, 5) is 11.1. The normalized spacial score (nSPS) is 11.9. The van der Waals surface area contributed by atoms with E-state index in [1.165, 1.54) is 7.11 Å². The van der Waals surface area contributed by atoms with Crippen molar-refractivity contribution in [2.24, 2.45) is 5.73 Å². The van der Waals surface area contributed by atoms with Crippen LogP contribution in [0.15, 0.2) is 24.3 Å². The molecule has 1 aromatic rings. The van der Waals surface area contributed by atoms with E-state index < -0.39 is 12.0 Å². The van der Waals surface area contributed by atoms with Crippen LogP contribution in [0.4, 0.5) is 0 Å². The molecule has 0 heterocycles. The van der Waals surface area contributed by atoms with E-state index in [-0.39, 0.29) is 0 Å². The second-order valence-corrected chi connectivity index (χ2v) is 3.19. The minimum atomic E-state index is -0.623. The van der Waals surface area contributed by atoms with Gasteiger partial charge in [-0.3, -0.25) is 4.79 Å². The molecule has 1 aromatic carbocycles. The van der Waals surface area contributed by atoms with Crippen molar-refractivity contribution in [3.05, 3.63) is 29.8 Å². The van der Waals surface area contributed by atoms with Gasteiger partial charge in [0.2, 0.25) is 0 Å². The maximum absolute atomic E-state index is 11.1. The molecule has 2 N–H and O–H groups in total. The minimum Gasteiger partial charge on any atom is -0.497 e. The first-order valence-electron chi connectivity index (χ1n) is 4.63. The number of esters is 1. The van der Waals surface area contributed by atoms with Gasteiger partial charge < -0.3 is 15.2 Å². The van der Waals surface area contributed by atoms with Gasteiger partial charge in [-0.15, -0.1) is 0 Å². The van der Waals surface area contributed by atoms with Crippen molar-refractivity contribution in [3.63, 3.8) is 0 Å². The number of carbonyl (C=O) groups excluding carboxylic acids is 1. The quantitative estimate of drug-likeness (QED) is 0.743. The molecule has 0 spiro atoms. The van der Waals surface area contributed by atoms with Crippen LogP contribution in [-0.2, 0) is 16.0 Å². The third kappa shape index (κ3) is 3.25.